The Bertz CT molecular complexity index is 330. The Morgan fingerprint density at radius 2 is 1.07 bits per heavy atom. The van der Waals surface area contributed by atoms with Crippen LogP contribution >= 0.6 is 0 Å². The number of amides is 4. The molecule has 4 amide bonds. The molecule has 1 spiro atoms. The van der Waals surface area contributed by atoms with Crippen molar-refractivity contribution < 1.29 is 19.2 Å². The van der Waals surface area contributed by atoms with E-state index in [-0.39, 0.29) is 0 Å². The van der Waals surface area contributed by atoms with E-state index in [1.807, 2.05) is 0 Å². The molecule has 0 aromatic carbocycles. The van der Waals surface area contributed by atoms with Gasteiger partial charge in [-0.25, -0.2) is 20.9 Å². The van der Waals surface area contributed by atoms with E-state index >= 15 is 0 Å². The molecule has 2 aliphatic rings. The highest BCUT2D eigenvalue weighted by Gasteiger charge is 2.80. The van der Waals surface area contributed by atoms with Gasteiger partial charge in [-0.05, 0) is 0 Å². The minimum atomic E-state index is -2.11. The molecular weight excluding hydrogens is 204 g/mol. The molecule has 0 aromatic rings. The number of nitrogens with zero attached hydrogens (tertiary/aromatic N) is 2. The van der Waals surface area contributed by atoms with Crippen LogP contribution in [-0.2, 0) is 19.2 Å². The van der Waals surface area contributed by atoms with E-state index in [9.17, 15) is 19.2 Å². The first kappa shape index (κ1) is 9.74. The summed E-state index contributed by atoms with van der Waals surface area (Å²) in [5.74, 6) is -3.29. The Kier molecular flexibility index (Phi) is 1.70. The van der Waals surface area contributed by atoms with E-state index in [0.717, 1.165) is 0 Å². The van der Waals surface area contributed by atoms with Gasteiger partial charge in [-0.2, -0.15) is 0 Å². The Morgan fingerprint density at radius 3 is 1.27 bits per heavy atom. The molecule has 2 aliphatic heterocycles. The smallest absolute Gasteiger partial charge is 0.270 e. The second-order valence-corrected chi connectivity index (χ2v) is 3.09. The van der Waals surface area contributed by atoms with Crippen LogP contribution in [0.5, 0.6) is 0 Å². The van der Waals surface area contributed by atoms with Crippen molar-refractivity contribution in [3.63, 3.8) is 0 Å². The van der Waals surface area contributed by atoms with Crippen molar-refractivity contribution in [2.75, 3.05) is 14.1 Å². The third kappa shape index (κ3) is 0.713. The van der Waals surface area contributed by atoms with Crippen LogP contribution in [-0.4, -0.2) is 47.7 Å². The predicted molar refractivity (Wildman–Crippen MR) is 44.3 cm³/mol. The molecule has 2 N–H and O–H groups in total. The molecule has 0 radical (unpaired) electrons. The van der Waals surface area contributed by atoms with Crippen molar-refractivity contribution in [2.45, 2.75) is 0 Å². The first-order chi connectivity index (χ1) is 7.03. The van der Waals surface area contributed by atoms with Crippen molar-refractivity contribution in [3.05, 3.63) is 0 Å². The summed E-state index contributed by atoms with van der Waals surface area (Å²) in [6.07, 6.45) is 0. The van der Waals surface area contributed by atoms with Gasteiger partial charge in [-0.15, -0.1) is 0 Å². The summed E-state index contributed by atoms with van der Waals surface area (Å²) in [6.45, 7) is 0. The molecule has 8 nitrogen and oxygen atoms in total. The lowest BCUT2D eigenvalue weighted by molar-refractivity contribution is -0.204. The van der Waals surface area contributed by atoms with Crippen molar-refractivity contribution >= 4 is 23.6 Å². The molecule has 0 saturated carbocycles. The van der Waals surface area contributed by atoms with Crippen molar-refractivity contribution in [2.24, 2.45) is 5.41 Å². The minimum absolute atomic E-state index is 0.642. The van der Waals surface area contributed by atoms with Crippen LogP contribution in [0, 0.1) is 5.41 Å². The van der Waals surface area contributed by atoms with Crippen LogP contribution in [0.4, 0.5) is 0 Å². The Morgan fingerprint density at radius 1 is 0.800 bits per heavy atom. The monoisotopic (exact) mass is 212 g/mol. The fraction of sp³-hybridized carbons (Fsp3) is 0.429. The van der Waals surface area contributed by atoms with E-state index in [2.05, 4.69) is 10.9 Å². The summed E-state index contributed by atoms with van der Waals surface area (Å²) < 4.78 is 0. The maximum Gasteiger partial charge on any atom is 0.290 e. The van der Waals surface area contributed by atoms with Gasteiger partial charge in [0.05, 0.1) is 0 Å². The predicted octanol–water partition coefficient (Wildman–Crippen LogP) is -3.02. The third-order valence-corrected chi connectivity index (χ3v) is 2.54. The largest absolute Gasteiger partial charge is 0.290 e. The summed E-state index contributed by atoms with van der Waals surface area (Å²) in [6, 6.07) is 0. The van der Waals surface area contributed by atoms with E-state index in [1.165, 1.54) is 14.1 Å². The maximum atomic E-state index is 11.4. The highest BCUT2D eigenvalue weighted by molar-refractivity contribution is 6.52. The van der Waals surface area contributed by atoms with Gasteiger partial charge in [-0.3, -0.25) is 19.2 Å². The second-order valence-electron chi connectivity index (χ2n) is 3.09. The molecule has 2 rings (SSSR count). The Hall–Kier alpha value is -1.80. The van der Waals surface area contributed by atoms with Gasteiger partial charge in [0, 0.05) is 14.1 Å². The summed E-state index contributed by atoms with van der Waals surface area (Å²) in [7, 11) is 2.71. The molecular formula is C7H8N4O4. The zero-order valence-corrected chi connectivity index (χ0v) is 8.03. The van der Waals surface area contributed by atoms with Gasteiger partial charge in [0.25, 0.3) is 29.0 Å². The summed E-state index contributed by atoms with van der Waals surface area (Å²) in [5.41, 5.74) is 2.47. The van der Waals surface area contributed by atoms with Crippen LogP contribution < -0.4 is 10.9 Å². The lowest BCUT2D eigenvalue weighted by atomic mass is 9.71. The van der Waals surface area contributed by atoms with Gasteiger partial charge in [0.2, 0.25) is 0 Å². The Balaban J connectivity index is 2.34. The molecule has 2 fully saturated rings. The number of imide groups is 2. The number of hydrazine groups is 2. The average Bonchev–Trinajstić information content (AvgIpc) is 2.20. The van der Waals surface area contributed by atoms with E-state index in [4.69, 9.17) is 0 Å². The molecule has 0 aromatic heterocycles. The summed E-state index contributed by atoms with van der Waals surface area (Å²) in [5, 5.41) is 1.28. The zero-order chi connectivity index (χ0) is 11.4. The topological polar surface area (TPSA) is 98.8 Å². The maximum absolute atomic E-state index is 11.4. The van der Waals surface area contributed by atoms with Gasteiger partial charge in [0.1, 0.15) is 0 Å². The number of carbonyl (C=O) groups is 4. The van der Waals surface area contributed by atoms with Crippen LogP contribution in [0.25, 0.3) is 0 Å². The van der Waals surface area contributed by atoms with Crippen LogP contribution in [0.2, 0.25) is 0 Å². The van der Waals surface area contributed by atoms with Gasteiger partial charge in [-0.1, -0.05) is 0 Å². The molecule has 2 heterocycles. The van der Waals surface area contributed by atoms with Gasteiger partial charge >= 0.3 is 0 Å². The number of carbonyl (C=O) groups excluding carboxylic acids is 4. The number of hydrogen-bond donors (Lipinski definition) is 2. The third-order valence-electron chi connectivity index (χ3n) is 2.54. The molecule has 80 valence electrons. The second kappa shape index (κ2) is 2.61. The lowest BCUT2D eigenvalue weighted by Crippen LogP contribution is -2.86. The zero-order valence-electron chi connectivity index (χ0n) is 8.03. The minimum Gasteiger partial charge on any atom is -0.270 e. The molecule has 0 bridgehead atoms. The first-order valence-electron chi connectivity index (χ1n) is 4.16. The van der Waals surface area contributed by atoms with Crippen LogP contribution in [0.15, 0.2) is 0 Å². The van der Waals surface area contributed by atoms with Crippen LogP contribution in [0.3, 0.4) is 0 Å². The standard InChI is InChI=1S/C7H8N4O4/c1-8-10-3(12)7(4(10)13)5(14)11(9-2)6(7)15/h8-9H,1-2H3. The molecule has 0 unspecified atom stereocenters. The Labute approximate surface area is 84.1 Å². The SMILES string of the molecule is CNN1C(=O)C2(C1=O)C(=O)N(NC)C2=O. The summed E-state index contributed by atoms with van der Waals surface area (Å²) >= 11 is 0. The van der Waals surface area contributed by atoms with E-state index < -0.39 is 29.0 Å². The number of rotatable bonds is 2. The van der Waals surface area contributed by atoms with Crippen molar-refractivity contribution in [1.29, 1.82) is 0 Å². The highest BCUT2D eigenvalue weighted by atomic mass is 16.2. The molecule has 15 heavy (non-hydrogen) atoms. The normalized spacial score (nSPS) is 23.3. The average molecular weight is 212 g/mol. The molecule has 8 heteroatoms. The fourth-order valence-corrected chi connectivity index (χ4v) is 1.70. The van der Waals surface area contributed by atoms with Crippen molar-refractivity contribution in [3.8, 4) is 0 Å². The van der Waals surface area contributed by atoms with Crippen molar-refractivity contribution in [1.82, 2.24) is 20.9 Å². The summed E-state index contributed by atoms with van der Waals surface area (Å²) in [4.78, 5) is 45.7. The fourth-order valence-electron chi connectivity index (χ4n) is 1.70. The van der Waals surface area contributed by atoms with Gasteiger partial charge < -0.3 is 0 Å². The van der Waals surface area contributed by atoms with E-state index in [0.29, 0.717) is 10.0 Å². The quantitative estimate of drug-likeness (QED) is 0.373. The number of nitrogens with one attached hydrogen (secondary N) is 2. The van der Waals surface area contributed by atoms with Crippen LogP contribution in [0.1, 0.15) is 0 Å². The molecule has 2 saturated heterocycles. The number of β-lactam (4-membered cyclic amide) rings is 4. The molecule has 0 atom stereocenters. The van der Waals surface area contributed by atoms with Gasteiger partial charge in [0.15, 0.2) is 0 Å². The lowest BCUT2D eigenvalue weighted by Gasteiger charge is -2.51. The first-order valence-corrected chi connectivity index (χ1v) is 4.16. The molecule has 0 aliphatic carbocycles. The van der Waals surface area contributed by atoms with E-state index in [1.54, 1.807) is 0 Å². The number of hydrogen-bond acceptors (Lipinski definition) is 6. The highest BCUT2D eigenvalue weighted by Crippen LogP contribution is 2.42.